The summed E-state index contributed by atoms with van der Waals surface area (Å²) in [6.45, 7) is 9.06. The van der Waals surface area contributed by atoms with Crippen molar-refractivity contribution in [1.82, 2.24) is 13.9 Å². The van der Waals surface area contributed by atoms with Gasteiger partial charge in [-0.3, -0.25) is 19.1 Å². The number of H-pyrrole nitrogens is 1. The van der Waals surface area contributed by atoms with E-state index in [0.717, 1.165) is 4.57 Å². The lowest BCUT2D eigenvalue weighted by Crippen LogP contribution is -2.62. The number of ether oxygens (including phenoxy) is 2. The second-order valence-corrected chi connectivity index (χ2v) is 19.7. The predicted octanol–water partition coefficient (Wildman–Crippen LogP) is 2.40. The predicted molar refractivity (Wildman–Crippen MR) is 173 cm³/mol. The van der Waals surface area contributed by atoms with Gasteiger partial charge in [0.25, 0.3) is 5.56 Å². The number of sulfonamides is 1. The van der Waals surface area contributed by atoms with Crippen molar-refractivity contribution in [2.45, 2.75) is 81.3 Å². The first kappa shape index (κ1) is 36.7. The van der Waals surface area contributed by atoms with Gasteiger partial charge in [0, 0.05) is 25.7 Å². The largest absolute Gasteiger partial charge is 0.454 e. The number of aromatic amines is 1. The fourth-order valence-electron chi connectivity index (χ4n) is 5.08. The monoisotopic (exact) mass is 729 g/mol. The fraction of sp³-hybridized carbons (Fsp3) is 0.517. The summed E-state index contributed by atoms with van der Waals surface area (Å²) in [5, 5.41) is 21.1. The van der Waals surface area contributed by atoms with Gasteiger partial charge in [-0.25, -0.2) is 18.0 Å². The Balaban J connectivity index is 1.76. The summed E-state index contributed by atoms with van der Waals surface area (Å²) in [6.07, 6.45) is -0.690. The highest BCUT2D eigenvalue weighted by molar-refractivity contribution is 9.11. The Morgan fingerprint density at radius 1 is 1.20 bits per heavy atom. The minimum atomic E-state index is -3.76. The molecule has 4 atom stereocenters. The third kappa shape index (κ3) is 7.98. The number of aliphatic hydroxyl groups is 2. The molecule has 3 rings (SSSR count). The number of aromatic nitrogens is 2. The molecule has 3 N–H and O–H groups in total. The third-order valence-corrected chi connectivity index (χ3v) is 13.0. The summed E-state index contributed by atoms with van der Waals surface area (Å²) >= 11 is 3.08. The molecule has 0 amide bonds. The number of Topliss-reactive ketones (excluding diaryl/α,β-unsaturated/α-hetero) is 1. The van der Waals surface area contributed by atoms with Crippen LogP contribution >= 0.6 is 15.9 Å². The van der Waals surface area contributed by atoms with Crippen LogP contribution in [0, 0.1) is 0 Å². The van der Waals surface area contributed by atoms with Gasteiger partial charge in [-0.2, -0.15) is 4.31 Å². The maximum atomic E-state index is 13.0. The highest BCUT2D eigenvalue weighted by Crippen LogP contribution is 2.43. The van der Waals surface area contributed by atoms with Gasteiger partial charge in [0.2, 0.25) is 15.8 Å². The molecule has 2 heterocycles. The van der Waals surface area contributed by atoms with E-state index in [4.69, 9.17) is 9.47 Å². The van der Waals surface area contributed by atoms with Gasteiger partial charge in [0.05, 0.1) is 29.3 Å². The van der Waals surface area contributed by atoms with E-state index in [2.05, 4.69) is 20.9 Å². The van der Waals surface area contributed by atoms with Crippen molar-refractivity contribution in [1.29, 1.82) is 0 Å². The molecule has 45 heavy (non-hydrogen) atoms. The molecule has 0 saturated carbocycles. The summed E-state index contributed by atoms with van der Waals surface area (Å²) in [5.41, 5.74) is -1.31. The van der Waals surface area contributed by atoms with E-state index in [1.54, 1.807) is 0 Å². The van der Waals surface area contributed by atoms with Crippen molar-refractivity contribution in [3.05, 3.63) is 67.4 Å². The maximum absolute atomic E-state index is 13.0. The Bertz CT molecular complexity index is 1630. The molecule has 0 radical (unpaired) electrons. The van der Waals surface area contributed by atoms with Crippen LogP contribution < -0.4 is 11.2 Å². The molecule has 1 saturated heterocycles. The lowest BCUT2D eigenvalue weighted by molar-refractivity contribution is -0.147. The van der Waals surface area contributed by atoms with Gasteiger partial charge in [-0.05, 0) is 48.2 Å². The van der Waals surface area contributed by atoms with Gasteiger partial charge < -0.3 is 19.7 Å². The maximum Gasteiger partial charge on any atom is 0.338 e. The first-order chi connectivity index (χ1) is 21.0. The van der Waals surface area contributed by atoms with Crippen LogP contribution in [0.25, 0.3) is 6.08 Å². The van der Waals surface area contributed by atoms with E-state index in [1.165, 1.54) is 45.8 Å². The topological polar surface area (TPSA) is 185 Å². The molecule has 248 valence electrons. The zero-order chi connectivity index (χ0) is 33.7. The fourth-order valence-corrected chi connectivity index (χ4v) is 8.86. The molecule has 16 heteroatoms. The number of carbonyl (C=O) groups is 2. The van der Waals surface area contributed by atoms with E-state index in [9.17, 15) is 37.8 Å². The van der Waals surface area contributed by atoms with E-state index in [0.29, 0.717) is 25.9 Å². The number of aliphatic hydroxyl groups excluding tert-OH is 1. The summed E-state index contributed by atoms with van der Waals surface area (Å²) < 4.78 is 39.5. The minimum absolute atomic E-state index is 0.00432. The normalized spacial score (nSPS) is 21.4. The highest BCUT2D eigenvalue weighted by Gasteiger charge is 2.59. The minimum Gasteiger partial charge on any atom is -0.454 e. The van der Waals surface area contributed by atoms with E-state index in [-0.39, 0.29) is 22.4 Å². The zero-order valence-electron chi connectivity index (χ0n) is 25.9. The molecular formula is C29H40BrN3O10SSi. The smallest absolute Gasteiger partial charge is 0.338 e. The van der Waals surface area contributed by atoms with Crippen LogP contribution in [0.4, 0.5) is 0 Å². The molecule has 2 aromatic rings. The van der Waals surface area contributed by atoms with Crippen molar-refractivity contribution in [2.24, 2.45) is 0 Å². The molecule has 0 bridgehead atoms. The number of carbonyl (C=O) groups excluding carboxylic acids is 2. The molecule has 13 nitrogen and oxygen atoms in total. The first-order valence-corrected chi connectivity index (χ1v) is 20.4. The molecule has 1 unspecified atom stereocenters. The average molecular weight is 731 g/mol. The van der Waals surface area contributed by atoms with Crippen molar-refractivity contribution < 1.29 is 37.7 Å². The van der Waals surface area contributed by atoms with Crippen molar-refractivity contribution in [2.75, 3.05) is 19.7 Å². The third-order valence-electron chi connectivity index (χ3n) is 7.74. The van der Waals surface area contributed by atoms with Crippen LogP contribution in [0.15, 0.2) is 49.9 Å². The Kier molecular flexibility index (Phi) is 12.1. The number of esters is 1. The van der Waals surface area contributed by atoms with Gasteiger partial charge in [-0.15, -0.1) is 0 Å². The van der Waals surface area contributed by atoms with Gasteiger partial charge >= 0.3 is 11.7 Å². The molecule has 1 aromatic carbocycles. The Morgan fingerprint density at radius 3 is 2.33 bits per heavy atom. The van der Waals surface area contributed by atoms with Gasteiger partial charge in [0.1, 0.15) is 18.4 Å². The molecule has 1 aliphatic heterocycles. The molecule has 0 spiro atoms. The lowest BCUT2D eigenvalue weighted by Gasteiger charge is -2.40. The number of nitrogens with one attached hydrogen (secondary N) is 1. The number of ketones is 1. The van der Waals surface area contributed by atoms with E-state index < -0.39 is 71.4 Å². The standard InChI is InChI=1S/C29H40BrN3O10SSi/c1-6-14-32(15-7-2)44(40,41)21-10-8-19(9-11-21)27(37)42-18-22(34)24(35)25-29(39,45(3,4)5)16-23(43-25)33-17-20(12-13-30)26(36)31-28(33)38/h8-13,17,23-25,35,39H,6-7,14-16,18H2,1-5H3,(H,31,36,38)/b13-12+/t23-,24?,25-,29-/m1/s1. The summed E-state index contributed by atoms with van der Waals surface area (Å²) in [5.74, 6) is -1.87. The second-order valence-electron chi connectivity index (χ2n) is 11.8. The molecular weight excluding hydrogens is 690 g/mol. The van der Waals surface area contributed by atoms with Crippen LogP contribution in [0.2, 0.25) is 19.6 Å². The number of rotatable bonds is 14. The number of benzene rings is 1. The van der Waals surface area contributed by atoms with Crippen LogP contribution in [0.1, 0.15) is 55.3 Å². The van der Waals surface area contributed by atoms with Crippen molar-refractivity contribution >= 4 is 51.9 Å². The molecule has 1 aromatic heterocycles. The first-order valence-electron chi connectivity index (χ1n) is 14.5. The summed E-state index contributed by atoms with van der Waals surface area (Å²) in [4.78, 5) is 54.1. The quantitative estimate of drug-likeness (QED) is 0.193. The van der Waals surface area contributed by atoms with E-state index >= 15 is 0 Å². The zero-order valence-corrected chi connectivity index (χ0v) is 29.3. The Morgan fingerprint density at radius 2 is 1.80 bits per heavy atom. The number of hydrogen-bond donors (Lipinski definition) is 3. The molecule has 0 aliphatic carbocycles. The lowest BCUT2D eigenvalue weighted by atomic mass is 10.0. The van der Waals surface area contributed by atoms with Crippen molar-refractivity contribution in [3.8, 4) is 0 Å². The number of nitrogens with zero attached hydrogens (tertiary/aromatic N) is 2. The molecule has 1 aliphatic rings. The molecule has 1 fully saturated rings. The number of hydrogen-bond acceptors (Lipinski definition) is 10. The van der Waals surface area contributed by atoms with Gasteiger partial charge in [-0.1, -0.05) is 49.4 Å². The average Bonchev–Trinajstić information content (AvgIpc) is 3.35. The summed E-state index contributed by atoms with van der Waals surface area (Å²) in [7, 11) is -6.40. The van der Waals surface area contributed by atoms with Crippen LogP contribution in [-0.4, -0.2) is 89.4 Å². The van der Waals surface area contributed by atoms with Crippen molar-refractivity contribution in [3.63, 3.8) is 0 Å². The van der Waals surface area contributed by atoms with Gasteiger partial charge in [0.15, 0.2) is 6.61 Å². The van der Waals surface area contributed by atoms with Crippen LogP contribution in [0.5, 0.6) is 0 Å². The summed E-state index contributed by atoms with van der Waals surface area (Å²) in [6, 6.07) is 5.14. The highest BCUT2D eigenvalue weighted by atomic mass is 79.9. The second kappa shape index (κ2) is 14.8. The van der Waals surface area contributed by atoms with Crippen LogP contribution in [0.3, 0.4) is 0 Å². The SMILES string of the molecule is CCCN(CCC)S(=O)(=O)c1ccc(C(=O)OCC(=O)C(O)[C@H]2O[C@@H](n3cc(/C=C/Br)c(=O)[nH]c3=O)C[C@@]2(O)[Si](C)(C)C)cc1. The van der Waals surface area contributed by atoms with E-state index in [1.807, 2.05) is 33.5 Å². The number of halogens is 1. The Labute approximate surface area is 271 Å². The Hall–Kier alpha value is -2.73. The van der Waals surface area contributed by atoms with Crippen LogP contribution in [-0.2, 0) is 24.3 Å².